The molecule has 0 spiro atoms. The Balaban J connectivity index is 5.42. The van der Waals surface area contributed by atoms with E-state index in [1.165, 1.54) is 6.92 Å². The van der Waals surface area contributed by atoms with Crippen molar-refractivity contribution >= 4 is 0 Å². The van der Waals surface area contributed by atoms with Gasteiger partial charge in [0.05, 0.1) is 0 Å². The lowest BCUT2D eigenvalue weighted by molar-refractivity contribution is -0.417. The van der Waals surface area contributed by atoms with Crippen LogP contribution < -0.4 is 0 Å². The molecule has 0 heterocycles. The van der Waals surface area contributed by atoms with Crippen LogP contribution in [0.4, 0.5) is 26.3 Å². The van der Waals surface area contributed by atoms with Crippen LogP contribution in [-0.2, 0) is 4.74 Å². The molecule has 0 aromatic rings. The summed E-state index contributed by atoms with van der Waals surface area (Å²) in [6, 6.07) is 0. The Labute approximate surface area is 109 Å². The molecule has 0 radical (unpaired) electrons. The van der Waals surface area contributed by atoms with Gasteiger partial charge in [-0.3, -0.25) is 0 Å². The van der Waals surface area contributed by atoms with E-state index in [1.807, 2.05) is 0 Å². The fourth-order valence-corrected chi connectivity index (χ4v) is 1.09. The molecule has 116 valence electrons. The Morgan fingerprint density at radius 3 is 1.42 bits per heavy atom. The van der Waals surface area contributed by atoms with Crippen LogP contribution in [0.25, 0.3) is 0 Å². The zero-order chi connectivity index (χ0) is 15.9. The zero-order valence-electron chi connectivity index (χ0n) is 11.9. The summed E-state index contributed by atoms with van der Waals surface area (Å²) in [7, 11) is 0. The van der Waals surface area contributed by atoms with Gasteiger partial charge in [0.15, 0.2) is 0 Å². The maximum absolute atomic E-state index is 13.8. The van der Waals surface area contributed by atoms with Crippen LogP contribution in [0.3, 0.4) is 0 Å². The first-order chi connectivity index (χ1) is 8.02. The number of hydrogen-bond acceptors (Lipinski definition) is 1. The second kappa shape index (κ2) is 4.82. The van der Waals surface area contributed by atoms with Gasteiger partial charge in [-0.2, -0.15) is 17.6 Å². The molecule has 0 N–H and O–H groups in total. The van der Waals surface area contributed by atoms with Gasteiger partial charge >= 0.3 is 12.0 Å². The number of rotatable bonds is 6. The van der Waals surface area contributed by atoms with Crippen molar-refractivity contribution in [3.05, 3.63) is 0 Å². The molecule has 0 aromatic heterocycles. The summed E-state index contributed by atoms with van der Waals surface area (Å²) in [6.07, 6.45) is -5.25. The van der Waals surface area contributed by atoms with E-state index < -0.39 is 29.0 Å². The SMILES string of the molecule is CCC(C)(C)C(F)(F)C(F)(F)OC(C)(C)C(C)(F)F. The average Bonchev–Trinajstić information content (AvgIpc) is 2.13. The van der Waals surface area contributed by atoms with Crippen LogP contribution in [0, 0.1) is 5.41 Å². The highest BCUT2D eigenvalue weighted by Gasteiger charge is 2.68. The Hall–Kier alpha value is -0.460. The van der Waals surface area contributed by atoms with Crippen molar-refractivity contribution in [3.63, 3.8) is 0 Å². The fraction of sp³-hybridized carbons (Fsp3) is 1.00. The summed E-state index contributed by atoms with van der Waals surface area (Å²) in [6.45, 7) is 4.81. The van der Waals surface area contributed by atoms with E-state index in [-0.39, 0.29) is 6.42 Å². The Morgan fingerprint density at radius 2 is 1.16 bits per heavy atom. The first-order valence-electron chi connectivity index (χ1n) is 5.85. The van der Waals surface area contributed by atoms with Crippen LogP contribution in [0.5, 0.6) is 0 Å². The molecule has 0 saturated carbocycles. The van der Waals surface area contributed by atoms with Gasteiger partial charge in [0.25, 0.3) is 5.92 Å². The molecule has 0 aliphatic heterocycles. The standard InChI is InChI=1S/C12H20F6O/c1-7-8(2,3)11(15,16)12(17,18)19-9(4,5)10(6,13)14/h7H2,1-6H3. The maximum Gasteiger partial charge on any atom is 0.420 e. The van der Waals surface area contributed by atoms with Gasteiger partial charge in [0, 0.05) is 12.3 Å². The third kappa shape index (κ3) is 3.35. The van der Waals surface area contributed by atoms with E-state index in [2.05, 4.69) is 4.74 Å². The van der Waals surface area contributed by atoms with Crippen molar-refractivity contribution < 1.29 is 31.1 Å². The molecule has 0 fully saturated rings. The summed E-state index contributed by atoms with van der Waals surface area (Å²) < 4.78 is 84.8. The highest BCUT2D eigenvalue weighted by atomic mass is 19.3. The van der Waals surface area contributed by atoms with Crippen LogP contribution >= 0.6 is 0 Å². The highest BCUT2D eigenvalue weighted by Crippen LogP contribution is 2.51. The van der Waals surface area contributed by atoms with Crippen molar-refractivity contribution in [1.82, 2.24) is 0 Å². The lowest BCUT2D eigenvalue weighted by Gasteiger charge is -2.42. The second-order valence-corrected chi connectivity index (χ2v) is 5.83. The van der Waals surface area contributed by atoms with Gasteiger partial charge in [0.1, 0.15) is 5.60 Å². The summed E-state index contributed by atoms with van der Waals surface area (Å²) in [5.74, 6) is -8.26. The number of halogens is 6. The molecule has 19 heavy (non-hydrogen) atoms. The van der Waals surface area contributed by atoms with E-state index >= 15 is 0 Å². The van der Waals surface area contributed by atoms with Crippen molar-refractivity contribution in [2.24, 2.45) is 5.41 Å². The molecule has 0 unspecified atom stereocenters. The summed E-state index contributed by atoms with van der Waals surface area (Å²) >= 11 is 0. The molecule has 7 heteroatoms. The van der Waals surface area contributed by atoms with E-state index in [0.29, 0.717) is 20.8 Å². The third-order valence-electron chi connectivity index (χ3n) is 3.54. The van der Waals surface area contributed by atoms with E-state index in [4.69, 9.17) is 0 Å². The lowest BCUT2D eigenvalue weighted by Crippen LogP contribution is -2.58. The second-order valence-electron chi connectivity index (χ2n) is 5.83. The summed E-state index contributed by atoms with van der Waals surface area (Å²) in [4.78, 5) is 0. The van der Waals surface area contributed by atoms with Gasteiger partial charge in [-0.1, -0.05) is 20.8 Å². The van der Waals surface area contributed by atoms with Crippen LogP contribution in [0.1, 0.15) is 48.0 Å². The lowest BCUT2D eigenvalue weighted by atomic mass is 9.82. The normalized spacial score (nSPS) is 15.8. The molecular weight excluding hydrogens is 274 g/mol. The van der Waals surface area contributed by atoms with Gasteiger partial charge in [-0.05, 0) is 20.3 Å². The molecule has 0 bridgehead atoms. The van der Waals surface area contributed by atoms with E-state index in [9.17, 15) is 26.3 Å². The molecule has 0 aliphatic carbocycles. The van der Waals surface area contributed by atoms with Crippen LogP contribution in [0.15, 0.2) is 0 Å². The monoisotopic (exact) mass is 294 g/mol. The van der Waals surface area contributed by atoms with Crippen molar-refractivity contribution in [2.45, 2.75) is 71.5 Å². The Kier molecular flexibility index (Phi) is 4.71. The van der Waals surface area contributed by atoms with Crippen LogP contribution in [-0.4, -0.2) is 23.6 Å². The molecule has 0 saturated heterocycles. The molecule has 0 atom stereocenters. The predicted molar refractivity (Wildman–Crippen MR) is 59.8 cm³/mol. The molecule has 0 aliphatic rings. The quantitative estimate of drug-likeness (QED) is 0.619. The molecule has 1 nitrogen and oxygen atoms in total. The number of hydrogen-bond donors (Lipinski definition) is 0. The molecule has 0 aromatic carbocycles. The van der Waals surface area contributed by atoms with Crippen LogP contribution in [0.2, 0.25) is 0 Å². The Bertz CT molecular complexity index is 317. The highest BCUT2D eigenvalue weighted by molar-refractivity contribution is 4.94. The third-order valence-corrected chi connectivity index (χ3v) is 3.54. The largest absolute Gasteiger partial charge is 0.420 e. The topological polar surface area (TPSA) is 9.23 Å². The molecular formula is C12H20F6O. The first-order valence-corrected chi connectivity index (χ1v) is 5.85. The minimum Gasteiger partial charge on any atom is -0.303 e. The summed E-state index contributed by atoms with van der Waals surface area (Å²) in [5, 5.41) is 0. The Morgan fingerprint density at radius 1 is 0.789 bits per heavy atom. The predicted octanol–water partition coefficient (Wildman–Crippen LogP) is 5.10. The van der Waals surface area contributed by atoms with E-state index in [0.717, 1.165) is 13.8 Å². The van der Waals surface area contributed by atoms with Gasteiger partial charge in [0.2, 0.25) is 0 Å². The van der Waals surface area contributed by atoms with Gasteiger partial charge in [-0.25, -0.2) is 8.78 Å². The zero-order valence-corrected chi connectivity index (χ0v) is 11.9. The number of alkyl halides is 6. The molecule has 0 amide bonds. The van der Waals surface area contributed by atoms with E-state index in [1.54, 1.807) is 0 Å². The first kappa shape index (κ1) is 18.5. The maximum atomic E-state index is 13.8. The summed E-state index contributed by atoms with van der Waals surface area (Å²) in [5.41, 5.74) is -4.81. The van der Waals surface area contributed by atoms with Gasteiger partial charge < -0.3 is 4.74 Å². The van der Waals surface area contributed by atoms with Gasteiger partial charge in [-0.15, -0.1) is 0 Å². The molecule has 0 rings (SSSR count). The fourth-order valence-electron chi connectivity index (χ4n) is 1.09. The average molecular weight is 294 g/mol. The van der Waals surface area contributed by atoms with Crippen molar-refractivity contribution in [1.29, 1.82) is 0 Å². The smallest absolute Gasteiger partial charge is 0.303 e. The van der Waals surface area contributed by atoms with Crippen molar-refractivity contribution in [2.75, 3.05) is 0 Å². The van der Waals surface area contributed by atoms with Crippen molar-refractivity contribution in [3.8, 4) is 0 Å². The minimum absolute atomic E-state index is 0.262. The number of ether oxygens (including phenoxy) is 1. The minimum atomic E-state index is -4.99.